The molecule has 1 heterocycles. The van der Waals surface area contributed by atoms with Crippen molar-refractivity contribution < 1.29 is 14.7 Å². The third kappa shape index (κ3) is 7.63. The quantitative estimate of drug-likeness (QED) is 0.185. The lowest BCUT2D eigenvalue weighted by Crippen LogP contribution is -2.26. The van der Waals surface area contributed by atoms with Crippen LogP contribution in [0.4, 0.5) is 5.69 Å². The molecule has 1 aromatic heterocycles. The Bertz CT molecular complexity index is 1410. The van der Waals surface area contributed by atoms with Crippen LogP contribution >= 0.6 is 0 Å². The van der Waals surface area contributed by atoms with Crippen LogP contribution in [0.25, 0.3) is 5.69 Å². The van der Waals surface area contributed by atoms with Crippen LogP contribution in [0.1, 0.15) is 71.7 Å². The molecule has 0 aliphatic heterocycles. The van der Waals surface area contributed by atoms with Gasteiger partial charge in [-0.05, 0) is 73.6 Å². The van der Waals surface area contributed by atoms with Crippen LogP contribution in [-0.4, -0.2) is 33.3 Å². The van der Waals surface area contributed by atoms with Gasteiger partial charge in [0.15, 0.2) is 0 Å². The number of aliphatic carboxylic acids is 1. The van der Waals surface area contributed by atoms with Gasteiger partial charge in [-0.3, -0.25) is 9.59 Å². The van der Waals surface area contributed by atoms with Gasteiger partial charge in [-0.2, -0.15) is 5.10 Å². The van der Waals surface area contributed by atoms with Gasteiger partial charge in [0.2, 0.25) is 0 Å². The third-order valence-corrected chi connectivity index (χ3v) is 7.89. The Labute approximate surface area is 241 Å². The molecule has 3 aromatic carbocycles. The molecule has 0 saturated heterocycles. The number of carboxylic acid groups (broad SMARTS) is 1. The molecule has 1 saturated carbocycles. The summed E-state index contributed by atoms with van der Waals surface area (Å²) < 4.78 is 2.01. The summed E-state index contributed by atoms with van der Waals surface area (Å²) in [6.07, 6.45) is 9.92. The zero-order valence-electron chi connectivity index (χ0n) is 23.3. The number of nitrogens with zero attached hydrogens (tertiary/aromatic N) is 2. The Morgan fingerprint density at radius 3 is 2.24 bits per heavy atom. The second kappa shape index (κ2) is 13.8. The summed E-state index contributed by atoms with van der Waals surface area (Å²) in [7, 11) is 0. The minimum atomic E-state index is -0.933. The number of nitrogens with one attached hydrogen (secondary N) is 2. The van der Waals surface area contributed by atoms with Crippen molar-refractivity contribution in [2.75, 3.05) is 11.9 Å². The maximum Gasteiger partial charge on any atom is 0.305 e. The van der Waals surface area contributed by atoms with Gasteiger partial charge in [-0.15, -0.1) is 0 Å². The van der Waals surface area contributed by atoms with Crippen LogP contribution in [-0.2, 0) is 17.6 Å². The predicted molar refractivity (Wildman–Crippen MR) is 161 cm³/mol. The second-order valence-electron chi connectivity index (χ2n) is 10.8. The molecule has 0 radical (unpaired) electrons. The van der Waals surface area contributed by atoms with E-state index >= 15 is 0 Å². The highest BCUT2D eigenvalue weighted by atomic mass is 16.4. The number of para-hydroxylation sites is 1. The molecule has 41 heavy (non-hydrogen) atoms. The van der Waals surface area contributed by atoms with E-state index in [1.165, 1.54) is 30.4 Å². The Morgan fingerprint density at radius 1 is 0.878 bits per heavy atom. The molecule has 1 aliphatic carbocycles. The Balaban J connectivity index is 1.42. The molecule has 4 aromatic rings. The Kier molecular flexibility index (Phi) is 9.47. The van der Waals surface area contributed by atoms with Crippen LogP contribution in [0.5, 0.6) is 0 Å². The molecular formula is C34H38N4O3. The maximum absolute atomic E-state index is 12.5. The Morgan fingerprint density at radius 2 is 1.56 bits per heavy atom. The first kappa shape index (κ1) is 28.1. The number of carbonyl (C=O) groups is 2. The fourth-order valence-corrected chi connectivity index (χ4v) is 5.70. The van der Waals surface area contributed by atoms with Crippen molar-refractivity contribution in [3.63, 3.8) is 0 Å². The summed E-state index contributed by atoms with van der Waals surface area (Å²) >= 11 is 0. The van der Waals surface area contributed by atoms with E-state index in [0.29, 0.717) is 11.5 Å². The number of anilines is 1. The molecule has 0 bridgehead atoms. The topological polar surface area (TPSA) is 96.3 Å². The van der Waals surface area contributed by atoms with Crippen molar-refractivity contribution in [3.05, 3.63) is 114 Å². The van der Waals surface area contributed by atoms with Crippen LogP contribution in [0, 0.1) is 5.92 Å². The fourth-order valence-electron chi connectivity index (χ4n) is 5.70. The fraction of sp³-hybridized carbons (Fsp3) is 0.324. The number of aromatic nitrogens is 2. The summed E-state index contributed by atoms with van der Waals surface area (Å²) in [5, 5.41) is 20.4. The van der Waals surface area contributed by atoms with Crippen molar-refractivity contribution in [1.82, 2.24) is 15.1 Å². The first-order valence-electron chi connectivity index (χ1n) is 14.6. The number of benzene rings is 3. The van der Waals surface area contributed by atoms with Crippen LogP contribution in [0.3, 0.4) is 0 Å². The van der Waals surface area contributed by atoms with Gasteiger partial charge in [0.25, 0.3) is 5.91 Å². The predicted octanol–water partition coefficient (Wildman–Crippen LogP) is 6.60. The molecule has 7 heteroatoms. The van der Waals surface area contributed by atoms with E-state index in [1.54, 1.807) is 12.1 Å². The number of carbonyl (C=O) groups excluding carboxylic acids is 1. The summed E-state index contributed by atoms with van der Waals surface area (Å²) in [4.78, 5) is 23.2. The third-order valence-electron chi connectivity index (χ3n) is 7.89. The van der Waals surface area contributed by atoms with Gasteiger partial charge >= 0.3 is 5.97 Å². The second-order valence-corrected chi connectivity index (χ2v) is 10.8. The highest BCUT2D eigenvalue weighted by Crippen LogP contribution is 2.38. The van der Waals surface area contributed by atoms with Gasteiger partial charge < -0.3 is 15.7 Å². The van der Waals surface area contributed by atoms with Crippen LogP contribution < -0.4 is 10.6 Å². The van der Waals surface area contributed by atoms with E-state index in [1.807, 2.05) is 41.1 Å². The van der Waals surface area contributed by atoms with Crippen molar-refractivity contribution >= 4 is 17.6 Å². The van der Waals surface area contributed by atoms with E-state index in [4.69, 9.17) is 10.2 Å². The monoisotopic (exact) mass is 550 g/mol. The molecule has 3 N–H and O–H groups in total. The lowest BCUT2D eigenvalue weighted by molar-refractivity contribution is -0.136. The Hall–Kier alpha value is -4.39. The normalized spacial score (nSPS) is 14.3. The van der Waals surface area contributed by atoms with E-state index in [9.17, 15) is 9.59 Å². The van der Waals surface area contributed by atoms with Crippen molar-refractivity contribution in [2.24, 2.45) is 5.92 Å². The van der Waals surface area contributed by atoms with Crippen molar-refractivity contribution in [3.8, 4) is 5.69 Å². The van der Waals surface area contributed by atoms with Crippen LogP contribution in [0.15, 0.2) is 91.1 Å². The van der Waals surface area contributed by atoms with E-state index < -0.39 is 5.97 Å². The molecule has 1 fully saturated rings. The van der Waals surface area contributed by atoms with Gasteiger partial charge in [-0.25, -0.2) is 4.68 Å². The highest BCUT2D eigenvalue weighted by Gasteiger charge is 2.29. The number of rotatable bonds is 12. The average Bonchev–Trinajstić information content (AvgIpc) is 3.44. The standard InChI is InChI=1S/C34H38N4O3/c39-32(40)22-23-35-34(41)27-17-19-28(20-18-27)36-33(26-12-6-2-7-13-26)30-24-38(29-14-8-3-9-15-29)37-31(30)21-16-25-10-4-1-5-11-25/h1,3-5,8-11,14-15,17-20,24,26,33,36H,2,6-7,12-13,16,21-23H2,(H,35,41)(H,39,40). The number of aryl methyl sites for hydroxylation is 2. The zero-order valence-corrected chi connectivity index (χ0v) is 23.3. The number of carboxylic acids is 1. The summed E-state index contributed by atoms with van der Waals surface area (Å²) in [6.45, 7) is 0.106. The summed E-state index contributed by atoms with van der Waals surface area (Å²) in [5.41, 5.74) is 6.13. The van der Waals surface area contributed by atoms with E-state index in [2.05, 4.69) is 53.2 Å². The first-order chi connectivity index (χ1) is 20.1. The maximum atomic E-state index is 12.5. The van der Waals surface area contributed by atoms with Crippen molar-refractivity contribution in [1.29, 1.82) is 0 Å². The summed E-state index contributed by atoms with van der Waals surface area (Å²) in [5.74, 6) is -0.724. The van der Waals surface area contributed by atoms with Gasteiger partial charge in [-0.1, -0.05) is 67.8 Å². The van der Waals surface area contributed by atoms with Crippen LogP contribution in [0.2, 0.25) is 0 Å². The van der Waals surface area contributed by atoms with Crippen molar-refractivity contribution in [2.45, 2.75) is 57.4 Å². The molecule has 1 unspecified atom stereocenters. The average molecular weight is 551 g/mol. The molecule has 212 valence electrons. The van der Waals surface area contributed by atoms with Gasteiger partial charge in [0.05, 0.1) is 23.8 Å². The molecule has 7 nitrogen and oxygen atoms in total. The SMILES string of the molecule is O=C(O)CCNC(=O)c1ccc(NC(c2cn(-c3ccccc3)nc2CCc2ccccc2)C2CCCCC2)cc1. The number of amides is 1. The largest absolute Gasteiger partial charge is 0.481 e. The molecule has 5 rings (SSSR count). The lowest BCUT2D eigenvalue weighted by atomic mass is 9.80. The first-order valence-corrected chi connectivity index (χ1v) is 14.6. The highest BCUT2D eigenvalue weighted by molar-refractivity contribution is 5.94. The number of hydrogen-bond donors (Lipinski definition) is 3. The molecule has 1 aliphatic rings. The number of hydrogen-bond acceptors (Lipinski definition) is 4. The van der Waals surface area contributed by atoms with Gasteiger partial charge in [0, 0.05) is 29.6 Å². The zero-order chi connectivity index (χ0) is 28.4. The smallest absolute Gasteiger partial charge is 0.305 e. The van der Waals surface area contributed by atoms with E-state index in [0.717, 1.165) is 42.8 Å². The molecule has 1 atom stereocenters. The molecule has 1 amide bonds. The van der Waals surface area contributed by atoms with E-state index in [-0.39, 0.29) is 24.9 Å². The molecular weight excluding hydrogens is 512 g/mol. The minimum Gasteiger partial charge on any atom is -0.481 e. The lowest BCUT2D eigenvalue weighted by Gasteiger charge is -2.32. The molecule has 0 spiro atoms. The van der Waals surface area contributed by atoms with Gasteiger partial charge in [0.1, 0.15) is 0 Å². The summed E-state index contributed by atoms with van der Waals surface area (Å²) in [6, 6.07) is 28.4. The minimum absolute atomic E-state index is 0.0915.